The van der Waals surface area contributed by atoms with Gasteiger partial charge < -0.3 is 24.7 Å². The zero-order chi connectivity index (χ0) is 25.1. The molecule has 0 saturated heterocycles. The Labute approximate surface area is 212 Å². The van der Waals surface area contributed by atoms with E-state index in [4.69, 9.17) is 21.1 Å². The first-order valence-corrected chi connectivity index (χ1v) is 12.4. The van der Waals surface area contributed by atoms with Crippen molar-refractivity contribution in [2.75, 3.05) is 17.9 Å². The molecule has 0 aliphatic carbocycles. The van der Waals surface area contributed by atoms with Gasteiger partial charge in [-0.05, 0) is 54.8 Å². The van der Waals surface area contributed by atoms with Gasteiger partial charge in [0, 0.05) is 23.3 Å². The molecular formula is C24H26ClN5O4S. The van der Waals surface area contributed by atoms with Crippen molar-refractivity contribution in [3.63, 3.8) is 0 Å². The highest BCUT2D eigenvalue weighted by molar-refractivity contribution is 7.99. The monoisotopic (exact) mass is 515 g/mol. The van der Waals surface area contributed by atoms with Crippen LogP contribution in [0.25, 0.3) is 0 Å². The zero-order valence-electron chi connectivity index (χ0n) is 19.8. The molecule has 2 amide bonds. The molecule has 1 aromatic heterocycles. The second kappa shape index (κ2) is 10.6. The third-order valence-corrected chi connectivity index (χ3v) is 6.79. The Balaban J connectivity index is 1.41. The first-order valence-electron chi connectivity index (χ1n) is 11.0. The number of fused-ring (bicyclic) bond motifs is 1. The van der Waals surface area contributed by atoms with Gasteiger partial charge in [-0.2, -0.15) is 0 Å². The summed E-state index contributed by atoms with van der Waals surface area (Å²) >= 11 is 7.25. The molecule has 1 atom stereocenters. The maximum absolute atomic E-state index is 13.0. The second-order valence-electron chi connectivity index (χ2n) is 8.46. The fourth-order valence-corrected chi connectivity index (χ4v) is 4.54. The van der Waals surface area contributed by atoms with E-state index in [1.807, 2.05) is 27.8 Å². The molecule has 2 aromatic carbocycles. The summed E-state index contributed by atoms with van der Waals surface area (Å²) in [7, 11) is 1.82. The van der Waals surface area contributed by atoms with Gasteiger partial charge in [-0.3, -0.25) is 9.59 Å². The maximum Gasteiger partial charge on any atom is 0.252 e. The fraction of sp³-hybridized carbons (Fsp3) is 0.333. The lowest BCUT2D eigenvalue weighted by atomic mass is 10.0. The number of anilines is 1. The van der Waals surface area contributed by atoms with Gasteiger partial charge >= 0.3 is 0 Å². The number of ether oxygens (including phenoxy) is 2. The number of amides is 2. The van der Waals surface area contributed by atoms with E-state index in [9.17, 15) is 9.59 Å². The largest absolute Gasteiger partial charge is 0.454 e. The molecule has 0 fully saturated rings. The Morgan fingerprint density at radius 2 is 1.91 bits per heavy atom. The summed E-state index contributed by atoms with van der Waals surface area (Å²) in [4.78, 5) is 25.4. The quantitative estimate of drug-likeness (QED) is 0.429. The van der Waals surface area contributed by atoms with Crippen LogP contribution in [-0.2, 0) is 11.8 Å². The van der Waals surface area contributed by atoms with Crippen molar-refractivity contribution in [3.05, 3.63) is 58.4 Å². The van der Waals surface area contributed by atoms with Crippen LogP contribution in [0.15, 0.2) is 41.6 Å². The molecule has 1 aliphatic heterocycles. The number of hydrogen-bond acceptors (Lipinski definition) is 7. The third kappa shape index (κ3) is 5.71. The van der Waals surface area contributed by atoms with Crippen LogP contribution in [0.3, 0.4) is 0 Å². The first-order chi connectivity index (χ1) is 16.7. The summed E-state index contributed by atoms with van der Waals surface area (Å²) in [5, 5.41) is 15.7. The summed E-state index contributed by atoms with van der Waals surface area (Å²) in [5.74, 6) is 1.55. The average Bonchev–Trinajstić information content (AvgIpc) is 3.43. The molecule has 0 saturated carbocycles. The predicted molar refractivity (Wildman–Crippen MR) is 134 cm³/mol. The van der Waals surface area contributed by atoms with E-state index in [0.717, 1.165) is 5.56 Å². The van der Waals surface area contributed by atoms with Gasteiger partial charge in [0.15, 0.2) is 22.5 Å². The highest BCUT2D eigenvalue weighted by atomic mass is 35.5. The summed E-state index contributed by atoms with van der Waals surface area (Å²) in [6.07, 6.45) is 0. The van der Waals surface area contributed by atoms with Crippen molar-refractivity contribution in [2.24, 2.45) is 13.0 Å². The Morgan fingerprint density at radius 1 is 1.14 bits per heavy atom. The van der Waals surface area contributed by atoms with Crippen molar-refractivity contribution < 1.29 is 19.1 Å². The van der Waals surface area contributed by atoms with Crippen LogP contribution in [0.1, 0.15) is 41.6 Å². The van der Waals surface area contributed by atoms with Crippen LogP contribution in [0.4, 0.5) is 5.69 Å². The third-order valence-electron chi connectivity index (χ3n) is 5.53. The normalized spacial score (nSPS) is 13.1. The average molecular weight is 516 g/mol. The summed E-state index contributed by atoms with van der Waals surface area (Å²) in [6, 6.07) is 9.99. The summed E-state index contributed by atoms with van der Waals surface area (Å²) < 4.78 is 12.5. The molecule has 3 aromatic rings. The Kier molecular flexibility index (Phi) is 7.51. The number of hydrogen-bond donors (Lipinski definition) is 2. The van der Waals surface area contributed by atoms with Crippen molar-refractivity contribution in [2.45, 2.75) is 32.0 Å². The maximum atomic E-state index is 13.0. The van der Waals surface area contributed by atoms with Gasteiger partial charge in [0.2, 0.25) is 12.7 Å². The number of benzene rings is 2. The Morgan fingerprint density at radius 3 is 2.66 bits per heavy atom. The van der Waals surface area contributed by atoms with Gasteiger partial charge in [-0.25, -0.2) is 0 Å². The molecule has 1 unspecified atom stereocenters. The second-order valence-corrected chi connectivity index (χ2v) is 9.84. The molecule has 2 N–H and O–H groups in total. The zero-order valence-corrected chi connectivity index (χ0v) is 21.4. The lowest BCUT2D eigenvalue weighted by Gasteiger charge is -2.21. The minimum absolute atomic E-state index is 0.0462. The SMILES string of the molecule is Cc1cc(Cl)ccc1NC(=O)CSc1nnc(C(NC(=O)c2ccc3c(c2)OCO3)C(C)C)n1C. The number of aromatic nitrogens is 3. The van der Waals surface area contributed by atoms with E-state index in [-0.39, 0.29) is 36.3 Å². The summed E-state index contributed by atoms with van der Waals surface area (Å²) in [6.45, 7) is 6.02. The van der Waals surface area contributed by atoms with Gasteiger partial charge in [0.1, 0.15) is 0 Å². The molecule has 2 heterocycles. The molecule has 9 nitrogen and oxygen atoms in total. The number of rotatable bonds is 8. The van der Waals surface area contributed by atoms with E-state index in [1.165, 1.54) is 11.8 Å². The van der Waals surface area contributed by atoms with Crippen LogP contribution in [0, 0.1) is 12.8 Å². The molecule has 1 aliphatic rings. The number of carbonyl (C=O) groups excluding carboxylic acids is 2. The molecular weight excluding hydrogens is 490 g/mol. The fourth-order valence-electron chi connectivity index (χ4n) is 3.60. The van der Waals surface area contributed by atoms with Crippen LogP contribution < -0.4 is 20.1 Å². The highest BCUT2D eigenvalue weighted by Crippen LogP contribution is 2.33. The van der Waals surface area contributed by atoms with Gasteiger partial charge in [0.25, 0.3) is 5.91 Å². The number of halogens is 1. The van der Waals surface area contributed by atoms with E-state index in [2.05, 4.69) is 20.8 Å². The van der Waals surface area contributed by atoms with Crippen molar-refractivity contribution >= 4 is 40.9 Å². The van der Waals surface area contributed by atoms with Gasteiger partial charge in [-0.1, -0.05) is 37.2 Å². The number of carbonyl (C=O) groups is 2. The van der Waals surface area contributed by atoms with Crippen molar-refractivity contribution in [3.8, 4) is 11.5 Å². The van der Waals surface area contributed by atoms with Crippen LogP contribution in [0.2, 0.25) is 5.02 Å². The molecule has 184 valence electrons. The minimum atomic E-state index is -0.384. The molecule has 11 heteroatoms. The molecule has 0 radical (unpaired) electrons. The number of nitrogens with zero attached hydrogens (tertiary/aromatic N) is 3. The summed E-state index contributed by atoms with van der Waals surface area (Å²) in [5.41, 5.74) is 2.06. The van der Waals surface area contributed by atoms with Gasteiger partial charge in [-0.15, -0.1) is 10.2 Å². The minimum Gasteiger partial charge on any atom is -0.454 e. The van der Waals surface area contributed by atoms with E-state index >= 15 is 0 Å². The number of nitrogens with one attached hydrogen (secondary N) is 2. The molecule has 0 spiro atoms. The molecule has 35 heavy (non-hydrogen) atoms. The number of aryl methyl sites for hydroxylation is 1. The highest BCUT2D eigenvalue weighted by Gasteiger charge is 2.26. The van der Waals surface area contributed by atoms with Gasteiger partial charge in [0.05, 0.1) is 11.8 Å². The van der Waals surface area contributed by atoms with E-state index in [1.54, 1.807) is 41.0 Å². The molecule has 0 bridgehead atoms. The Hall–Kier alpha value is -3.24. The van der Waals surface area contributed by atoms with E-state index < -0.39 is 0 Å². The topological polar surface area (TPSA) is 107 Å². The van der Waals surface area contributed by atoms with E-state index in [0.29, 0.717) is 38.8 Å². The lowest BCUT2D eigenvalue weighted by molar-refractivity contribution is -0.113. The lowest BCUT2D eigenvalue weighted by Crippen LogP contribution is -2.33. The van der Waals surface area contributed by atoms with Crippen LogP contribution in [-0.4, -0.2) is 39.1 Å². The smallest absolute Gasteiger partial charge is 0.252 e. The standard InChI is InChI=1S/C24H26ClN5O4S/c1-13(2)21(27-23(32)15-5-8-18-19(10-15)34-12-33-18)22-28-29-24(30(22)4)35-11-20(31)26-17-7-6-16(25)9-14(17)3/h5-10,13,21H,11-12H2,1-4H3,(H,26,31)(H,27,32). The molecule has 4 rings (SSSR count). The van der Waals surface area contributed by atoms with Crippen LogP contribution in [0.5, 0.6) is 11.5 Å². The van der Waals surface area contributed by atoms with Crippen molar-refractivity contribution in [1.82, 2.24) is 20.1 Å². The van der Waals surface area contributed by atoms with Crippen LogP contribution >= 0.6 is 23.4 Å². The Bertz CT molecular complexity index is 1260. The van der Waals surface area contributed by atoms with Crippen molar-refractivity contribution in [1.29, 1.82) is 0 Å². The number of thioether (sulfide) groups is 1. The predicted octanol–water partition coefficient (Wildman–Crippen LogP) is 4.36. The first kappa shape index (κ1) is 24.9.